The summed E-state index contributed by atoms with van der Waals surface area (Å²) in [6, 6.07) is -0.203. The fourth-order valence-corrected chi connectivity index (χ4v) is 1.19. The Labute approximate surface area is 111 Å². The van der Waals surface area contributed by atoms with Crippen LogP contribution >= 0.6 is 0 Å². The minimum absolute atomic E-state index is 0.203. The highest BCUT2D eigenvalue weighted by Crippen LogP contribution is 2.00. The van der Waals surface area contributed by atoms with Gasteiger partial charge in [-0.05, 0) is 0 Å². The van der Waals surface area contributed by atoms with Crippen molar-refractivity contribution >= 4 is 17.8 Å². The Morgan fingerprint density at radius 3 is 2.53 bits per heavy atom. The van der Waals surface area contributed by atoms with Crippen molar-refractivity contribution in [1.29, 1.82) is 0 Å². The van der Waals surface area contributed by atoms with Crippen molar-refractivity contribution in [3.05, 3.63) is 18.1 Å². The van der Waals surface area contributed by atoms with Gasteiger partial charge in [0.1, 0.15) is 11.5 Å². The topological polar surface area (TPSA) is 99.2 Å². The molecule has 1 aromatic rings. The van der Waals surface area contributed by atoms with Crippen LogP contribution in [-0.4, -0.2) is 61.0 Å². The molecule has 0 aromatic carbocycles. The Bertz CT molecular complexity index is 449. The van der Waals surface area contributed by atoms with E-state index in [2.05, 4.69) is 25.9 Å². The summed E-state index contributed by atoms with van der Waals surface area (Å²) in [5, 5.41) is 8.08. The smallest absolute Gasteiger partial charge is 0.316 e. The summed E-state index contributed by atoms with van der Waals surface area (Å²) in [6.45, 7) is 0.672. The Morgan fingerprint density at radius 1 is 1.21 bits per heavy atom. The average molecular weight is 266 g/mol. The lowest BCUT2D eigenvalue weighted by atomic mass is 10.4. The van der Waals surface area contributed by atoms with Gasteiger partial charge in [0.2, 0.25) is 0 Å². The number of urea groups is 1. The number of carbonyl (C=O) groups excluding carboxylic acids is 2. The lowest BCUT2D eigenvalue weighted by molar-refractivity contribution is 0.0948. The third-order valence-electron chi connectivity index (χ3n) is 2.22. The normalized spacial score (nSPS) is 9.63. The number of nitrogens with one attached hydrogen (secondary N) is 3. The van der Waals surface area contributed by atoms with E-state index in [0.717, 1.165) is 0 Å². The maximum atomic E-state index is 11.7. The third-order valence-corrected chi connectivity index (χ3v) is 2.22. The van der Waals surface area contributed by atoms with E-state index in [9.17, 15) is 9.59 Å². The van der Waals surface area contributed by atoms with Crippen LogP contribution in [0, 0.1) is 0 Å². The van der Waals surface area contributed by atoms with E-state index in [1.807, 2.05) is 0 Å². The Morgan fingerprint density at radius 2 is 1.89 bits per heavy atom. The zero-order valence-electron chi connectivity index (χ0n) is 11.2. The van der Waals surface area contributed by atoms with Crippen LogP contribution in [0.3, 0.4) is 0 Å². The molecule has 0 saturated heterocycles. The van der Waals surface area contributed by atoms with E-state index < -0.39 is 0 Å². The SMILES string of the molecule is CNc1cncc(C(=O)NCCNC(=O)N(C)C)n1. The first-order valence-corrected chi connectivity index (χ1v) is 5.77. The molecule has 3 N–H and O–H groups in total. The fraction of sp³-hybridized carbons (Fsp3) is 0.455. The molecular weight excluding hydrogens is 248 g/mol. The van der Waals surface area contributed by atoms with Crippen LogP contribution in [0.25, 0.3) is 0 Å². The highest BCUT2D eigenvalue weighted by atomic mass is 16.2. The second-order valence-corrected chi connectivity index (χ2v) is 3.92. The van der Waals surface area contributed by atoms with Crippen LogP contribution in [-0.2, 0) is 0 Å². The molecule has 8 nitrogen and oxygen atoms in total. The van der Waals surface area contributed by atoms with Gasteiger partial charge in [-0.2, -0.15) is 0 Å². The number of hydrogen-bond donors (Lipinski definition) is 3. The largest absolute Gasteiger partial charge is 0.372 e. The number of amides is 3. The summed E-state index contributed by atoms with van der Waals surface area (Å²) in [5.74, 6) is 0.192. The van der Waals surface area contributed by atoms with Crippen molar-refractivity contribution in [1.82, 2.24) is 25.5 Å². The lowest BCUT2D eigenvalue weighted by Crippen LogP contribution is -2.39. The van der Waals surface area contributed by atoms with Crippen molar-refractivity contribution < 1.29 is 9.59 Å². The number of aromatic nitrogens is 2. The molecule has 0 spiro atoms. The predicted octanol–water partition coefficient (Wildman–Crippen LogP) is -0.481. The zero-order chi connectivity index (χ0) is 14.3. The first kappa shape index (κ1) is 14.7. The molecule has 104 valence electrons. The Hall–Kier alpha value is -2.38. The maximum Gasteiger partial charge on any atom is 0.316 e. The molecule has 8 heteroatoms. The molecule has 0 bridgehead atoms. The summed E-state index contributed by atoms with van der Waals surface area (Å²) in [5.41, 5.74) is 0.228. The second-order valence-electron chi connectivity index (χ2n) is 3.92. The van der Waals surface area contributed by atoms with Gasteiger partial charge >= 0.3 is 6.03 Å². The summed E-state index contributed by atoms with van der Waals surface area (Å²) in [7, 11) is 4.99. The third kappa shape index (κ3) is 4.78. The quantitative estimate of drug-likeness (QED) is 0.625. The van der Waals surface area contributed by atoms with Crippen LogP contribution < -0.4 is 16.0 Å². The number of rotatable bonds is 5. The van der Waals surface area contributed by atoms with Gasteiger partial charge in [0.15, 0.2) is 0 Å². The second kappa shape index (κ2) is 7.14. The standard InChI is InChI=1S/C11H18N6O2/c1-12-9-7-13-6-8(16-9)10(18)14-4-5-15-11(19)17(2)3/h6-7H,4-5H2,1-3H3,(H,12,16)(H,14,18)(H,15,19). The molecule has 19 heavy (non-hydrogen) atoms. The fourth-order valence-electron chi connectivity index (χ4n) is 1.19. The van der Waals surface area contributed by atoms with E-state index in [-0.39, 0.29) is 17.6 Å². The molecule has 0 saturated carbocycles. The maximum absolute atomic E-state index is 11.7. The van der Waals surface area contributed by atoms with Gasteiger partial charge in [-0.25, -0.2) is 9.78 Å². The number of nitrogens with zero attached hydrogens (tertiary/aromatic N) is 3. The van der Waals surface area contributed by atoms with Crippen molar-refractivity contribution in [2.75, 3.05) is 39.5 Å². The minimum Gasteiger partial charge on any atom is -0.372 e. The van der Waals surface area contributed by atoms with E-state index in [1.54, 1.807) is 21.1 Å². The van der Waals surface area contributed by atoms with Gasteiger partial charge < -0.3 is 20.9 Å². The predicted molar refractivity (Wildman–Crippen MR) is 71.0 cm³/mol. The minimum atomic E-state index is -0.330. The number of carbonyl (C=O) groups is 2. The van der Waals surface area contributed by atoms with Crippen LogP contribution in [0.15, 0.2) is 12.4 Å². The highest BCUT2D eigenvalue weighted by molar-refractivity contribution is 5.92. The number of hydrogen-bond acceptors (Lipinski definition) is 5. The molecular formula is C11H18N6O2. The zero-order valence-corrected chi connectivity index (χ0v) is 11.2. The van der Waals surface area contributed by atoms with Gasteiger partial charge in [0.05, 0.1) is 12.4 Å². The van der Waals surface area contributed by atoms with Crippen LogP contribution in [0.5, 0.6) is 0 Å². The van der Waals surface area contributed by atoms with E-state index >= 15 is 0 Å². The molecule has 0 unspecified atom stereocenters. The van der Waals surface area contributed by atoms with Crippen molar-refractivity contribution in [2.45, 2.75) is 0 Å². The van der Waals surface area contributed by atoms with Crippen molar-refractivity contribution in [2.24, 2.45) is 0 Å². The average Bonchev–Trinajstić information content (AvgIpc) is 2.42. The summed E-state index contributed by atoms with van der Waals surface area (Å²) in [4.78, 5) is 32.3. The van der Waals surface area contributed by atoms with Crippen molar-refractivity contribution in [3.8, 4) is 0 Å². The molecule has 1 aromatic heterocycles. The molecule has 3 amide bonds. The summed E-state index contributed by atoms with van der Waals surface area (Å²) >= 11 is 0. The Balaban J connectivity index is 2.37. The Kier molecular flexibility index (Phi) is 5.52. The molecule has 0 aliphatic heterocycles. The highest BCUT2D eigenvalue weighted by Gasteiger charge is 2.08. The first-order chi connectivity index (χ1) is 9.04. The van der Waals surface area contributed by atoms with Crippen LogP contribution in [0.1, 0.15) is 10.5 Å². The van der Waals surface area contributed by atoms with Crippen molar-refractivity contribution in [3.63, 3.8) is 0 Å². The van der Waals surface area contributed by atoms with E-state index in [1.165, 1.54) is 17.3 Å². The van der Waals surface area contributed by atoms with E-state index in [0.29, 0.717) is 18.9 Å². The number of anilines is 1. The lowest BCUT2D eigenvalue weighted by Gasteiger charge is -2.12. The summed E-state index contributed by atoms with van der Waals surface area (Å²) in [6.07, 6.45) is 2.91. The van der Waals surface area contributed by atoms with Gasteiger partial charge in [-0.15, -0.1) is 0 Å². The molecule has 1 rings (SSSR count). The molecule has 1 heterocycles. The monoisotopic (exact) mass is 266 g/mol. The molecule has 0 fully saturated rings. The van der Waals surface area contributed by atoms with Gasteiger partial charge in [-0.1, -0.05) is 0 Å². The van der Waals surface area contributed by atoms with Crippen LogP contribution in [0.2, 0.25) is 0 Å². The molecule has 0 radical (unpaired) electrons. The van der Waals surface area contributed by atoms with E-state index in [4.69, 9.17) is 0 Å². The molecule has 0 aliphatic rings. The first-order valence-electron chi connectivity index (χ1n) is 5.77. The van der Waals surface area contributed by atoms with Crippen LogP contribution in [0.4, 0.5) is 10.6 Å². The molecule has 0 aliphatic carbocycles. The van der Waals surface area contributed by atoms with Gasteiger partial charge in [0.25, 0.3) is 5.91 Å². The molecule has 0 atom stereocenters. The summed E-state index contributed by atoms with van der Waals surface area (Å²) < 4.78 is 0. The van der Waals surface area contributed by atoms with Gasteiger partial charge in [0, 0.05) is 34.2 Å². The van der Waals surface area contributed by atoms with Gasteiger partial charge in [-0.3, -0.25) is 9.78 Å².